The molecule has 1 aromatic carbocycles. The van der Waals surface area contributed by atoms with Gasteiger partial charge < -0.3 is 14.9 Å². The summed E-state index contributed by atoms with van der Waals surface area (Å²) < 4.78 is 12.9. The molecule has 6 nitrogen and oxygen atoms in total. The number of likely N-dealkylation sites (tertiary alicyclic amines) is 1. The van der Waals surface area contributed by atoms with E-state index in [9.17, 15) is 18.8 Å². The number of amides is 2. The highest BCUT2D eigenvalue weighted by Gasteiger charge is 2.27. The molecule has 0 aliphatic carbocycles. The van der Waals surface area contributed by atoms with Crippen LogP contribution in [0.1, 0.15) is 18.4 Å². The summed E-state index contributed by atoms with van der Waals surface area (Å²) in [5, 5.41) is 8.96. The highest BCUT2D eigenvalue weighted by Crippen LogP contribution is 2.17. The van der Waals surface area contributed by atoms with E-state index in [0.29, 0.717) is 31.5 Å². The molecule has 2 amide bonds. The second kappa shape index (κ2) is 7.90. The monoisotopic (exact) mass is 336 g/mol. The van der Waals surface area contributed by atoms with Crippen molar-refractivity contribution in [2.24, 2.45) is 5.92 Å². The Balaban J connectivity index is 1.81. The lowest BCUT2D eigenvalue weighted by Gasteiger charge is -2.31. The first-order valence-corrected chi connectivity index (χ1v) is 7.86. The van der Waals surface area contributed by atoms with Crippen LogP contribution in [0.3, 0.4) is 0 Å². The lowest BCUT2D eigenvalue weighted by molar-refractivity contribution is -0.146. The fourth-order valence-electron chi connectivity index (χ4n) is 2.68. The van der Waals surface area contributed by atoms with Crippen LogP contribution in [-0.4, -0.2) is 59.4 Å². The lowest BCUT2D eigenvalue weighted by Crippen LogP contribution is -2.45. The van der Waals surface area contributed by atoms with Crippen LogP contribution in [-0.2, 0) is 20.8 Å². The number of carboxylic acid groups (broad SMARTS) is 1. The van der Waals surface area contributed by atoms with Gasteiger partial charge in [-0.2, -0.15) is 0 Å². The number of aliphatic carboxylic acids is 1. The van der Waals surface area contributed by atoms with Gasteiger partial charge in [0.05, 0.1) is 18.9 Å². The minimum atomic E-state index is -0.825. The molecule has 1 fully saturated rings. The molecule has 24 heavy (non-hydrogen) atoms. The van der Waals surface area contributed by atoms with Crippen molar-refractivity contribution < 1.29 is 23.9 Å². The Morgan fingerprint density at radius 3 is 2.33 bits per heavy atom. The van der Waals surface area contributed by atoms with Crippen molar-refractivity contribution in [2.75, 3.05) is 26.7 Å². The van der Waals surface area contributed by atoms with Gasteiger partial charge in [-0.05, 0) is 30.5 Å². The molecule has 0 unspecified atom stereocenters. The summed E-state index contributed by atoms with van der Waals surface area (Å²) in [5.41, 5.74) is 0.683. The van der Waals surface area contributed by atoms with E-state index in [2.05, 4.69) is 0 Å². The molecule has 0 radical (unpaired) electrons. The van der Waals surface area contributed by atoms with E-state index in [-0.39, 0.29) is 30.6 Å². The SMILES string of the molecule is CN(CC(=O)N1CCC(C(=O)O)CC1)C(=O)Cc1ccc(F)cc1. The molecule has 7 heteroatoms. The van der Waals surface area contributed by atoms with Gasteiger partial charge in [0.2, 0.25) is 11.8 Å². The average molecular weight is 336 g/mol. The highest BCUT2D eigenvalue weighted by atomic mass is 19.1. The van der Waals surface area contributed by atoms with Gasteiger partial charge >= 0.3 is 5.97 Å². The van der Waals surface area contributed by atoms with Gasteiger partial charge in [-0.25, -0.2) is 4.39 Å². The molecule has 1 N–H and O–H groups in total. The van der Waals surface area contributed by atoms with E-state index < -0.39 is 11.9 Å². The number of carboxylic acids is 1. The molecule has 1 aliphatic rings. The number of rotatable bonds is 5. The van der Waals surface area contributed by atoms with Crippen LogP contribution in [0, 0.1) is 11.7 Å². The second-order valence-electron chi connectivity index (χ2n) is 6.05. The molecule has 0 atom stereocenters. The van der Waals surface area contributed by atoms with E-state index in [4.69, 9.17) is 5.11 Å². The highest BCUT2D eigenvalue weighted by molar-refractivity contribution is 5.85. The number of hydrogen-bond acceptors (Lipinski definition) is 3. The molecule has 0 bridgehead atoms. The summed E-state index contributed by atoms with van der Waals surface area (Å²) in [6, 6.07) is 5.67. The molecule has 2 rings (SSSR count). The zero-order valence-electron chi connectivity index (χ0n) is 13.6. The van der Waals surface area contributed by atoms with Crippen LogP contribution in [0.25, 0.3) is 0 Å². The fourth-order valence-corrected chi connectivity index (χ4v) is 2.68. The number of halogens is 1. The van der Waals surface area contributed by atoms with Gasteiger partial charge in [0, 0.05) is 20.1 Å². The van der Waals surface area contributed by atoms with Gasteiger partial charge in [0.1, 0.15) is 5.82 Å². The smallest absolute Gasteiger partial charge is 0.306 e. The molecule has 1 aliphatic heterocycles. The molecular weight excluding hydrogens is 315 g/mol. The zero-order chi connectivity index (χ0) is 17.7. The molecule has 1 saturated heterocycles. The average Bonchev–Trinajstić information content (AvgIpc) is 2.56. The number of piperidine rings is 1. The zero-order valence-corrected chi connectivity index (χ0v) is 13.6. The van der Waals surface area contributed by atoms with Gasteiger partial charge in [-0.15, -0.1) is 0 Å². The number of hydrogen-bond donors (Lipinski definition) is 1. The van der Waals surface area contributed by atoms with Crippen LogP contribution in [0.2, 0.25) is 0 Å². The van der Waals surface area contributed by atoms with E-state index >= 15 is 0 Å². The van der Waals surface area contributed by atoms with E-state index in [1.165, 1.54) is 17.0 Å². The summed E-state index contributed by atoms with van der Waals surface area (Å²) in [4.78, 5) is 38.2. The second-order valence-corrected chi connectivity index (χ2v) is 6.05. The van der Waals surface area contributed by atoms with Crippen molar-refractivity contribution in [3.8, 4) is 0 Å². The van der Waals surface area contributed by atoms with E-state index in [1.54, 1.807) is 24.1 Å². The van der Waals surface area contributed by atoms with Crippen molar-refractivity contribution >= 4 is 17.8 Å². The van der Waals surface area contributed by atoms with Crippen LogP contribution < -0.4 is 0 Å². The van der Waals surface area contributed by atoms with Crippen molar-refractivity contribution in [2.45, 2.75) is 19.3 Å². The molecule has 1 heterocycles. The normalized spacial score (nSPS) is 15.2. The Morgan fingerprint density at radius 1 is 1.21 bits per heavy atom. The molecule has 130 valence electrons. The number of nitrogens with zero attached hydrogens (tertiary/aromatic N) is 2. The largest absolute Gasteiger partial charge is 0.481 e. The van der Waals surface area contributed by atoms with E-state index in [1.807, 2.05) is 0 Å². The topological polar surface area (TPSA) is 77.9 Å². The maximum Gasteiger partial charge on any atom is 0.306 e. The first kappa shape index (κ1) is 17.9. The third-order valence-corrected chi connectivity index (χ3v) is 4.26. The first-order chi connectivity index (χ1) is 11.4. The van der Waals surface area contributed by atoms with E-state index in [0.717, 1.165) is 0 Å². The molecule has 0 aromatic heterocycles. The molecular formula is C17H21FN2O4. The fraction of sp³-hybridized carbons (Fsp3) is 0.471. The number of carbonyl (C=O) groups excluding carboxylic acids is 2. The summed E-state index contributed by atoms with van der Waals surface area (Å²) in [7, 11) is 1.55. The van der Waals surface area contributed by atoms with Crippen molar-refractivity contribution in [3.63, 3.8) is 0 Å². The third-order valence-electron chi connectivity index (χ3n) is 4.26. The van der Waals surface area contributed by atoms with Gasteiger partial charge in [0.15, 0.2) is 0 Å². The quantitative estimate of drug-likeness (QED) is 0.875. The van der Waals surface area contributed by atoms with Gasteiger partial charge in [-0.3, -0.25) is 14.4 Å². The van der Waals surface area contributed by atoms with Gasteiger partial charge in [-0.1, -0.05) is 12.1 Å². The summed E-state index contributed by atoms with van der Waals surface area (Å²) in [6.45, 7) is 0.753. The Bertz CT molecular complexity index is 610. The molecule has 0 saturated carbocycles. The van der Waals surface area contributed by atoms with Crippen molar-refractivity contribution in [1.82, 2.24) is 9.80 Å². The Morgan fingerprint density at radius 2 is 1.79 bits per heavy atom. The standard InChI is InChI=1S/C17H21FN2O4/c1-19(15(21)10-12-2-4-14(18)5-3-12)11-16(22)20-8-6-13(7-9-20)17(23)24/h2-5,13H,6-11H2,1H3,(H,23,24). The van der Waals surface area contributed by atoms with Crippen LogP contribution in [0.15, 0.2) is 24.3 Å². The van der Waals surface area contributed by atoms with Crippen LogP contribution in [0.5, 0.6) is 0 Å². The number of benzene rings is 1. The predicted molar refractivity (Wildman–Crippen MR) is 84.7 cm³/mol. The Kier molecular flexibility index (Phi) is 5.89. The maximum atomic E-state index is 12.9. The summed E-state index contributed by atoms with van der Waals surface area (Å²) in [6.07, 6.45) is 0.980. The minimum absolute atomic E-state index is 0.0439. The third kappa shape index (κ3) is 4.78. The van der Waals surface area contributed by atoms with Crippen LogP contribution >= 0.6 is 0 Å². The van der Waals surface area contributed by atoms with Crippen molar-refractivity contribution in [1.29, 1.82) is 0 Å². The number of carbonyl (C=O) groups is 3. The predicted octanol–water partition coefficient (Wildman–Crippen LogP) is 1.15. The summed E-state index contributed by atoms with van der Waals surface area (Å²) in [5.74, 6) is -2.00. The molecule has 0 spiro atoms. The molecule has 1 aromatic rings. The summed E-state index contributed by atoms with van der Waals surface area (Å²) >= 11 is 0. The Labute approximate surface area is 139 Å². The maximum absolute atomic E-state index is 12.9. The van der Waals surface area contributed by atoms with Crippen molar-refractivity contribution in [3.05, 3.63) is 35.6 Å². The number of likely N-dealkylation sites (N-methyl/N-ethyl adjacent to an activating group) is 1. The van der Waals surface area contributed by atoms with Gasteiger partial charge in [0.25, 0.3) is 0 Å². The van der Waals surface area contributed by atoms with Crippen LogP contribution in [0.4, 0.5) is 4.39 Å². The lowest BCUT2D eigenvalue weighted by atomic mass is 9.97. The first-order valence-electron chi connectivity index (χ1n) is 7.86. The Hall–Kier alpha value is -2.44. The minimum Gasteiger partial charge on any atom is -0.481 e.